The average Bonchev–Trinajstić information content (AvgIpc) is 2.86. The summed E-state index contributed by atoms with van der Waals surface area (Å²) in [6.07, 6.45) is 0. The van der Waals surface area contributed by atoms with Gasteiger partial charge in [-0.15, -0.1) is 0 Å². The van der Waals surface area contributed by atoms with Gasteiger partial charge >= 0.3 is 5.97 Å². The van der Waals surface area contributed by atoms with Crippen molar-refractivity contribution in [1.29, 1.82) is 0 Å². The zero-order valence-corrected chi connectivity index (χ0v) is 14.4. The van der Waals surface area contributed by atoms with Gasteiger partial charge in [-0.25, -0.2) is 4.79 Å². The highest BCUT2D eigenvalue weighted by atomic mass is 79.9. The quantitative estimate of drug-likeness (QED) is 0.727. The number of esters is 1. The Hall–Kier alpha value is -0.960. The zero-order chi connectivity index (χ0) is 15.6. The Balaban J connectivity index is 2.30. The fourth-order valence-corrected chi connectivity index (χ4v) is 3.35. The summed E-state index contributed by atoms with van der Waals surface area (Å²) >= 11 is 6.63. The molecule has 114 valence electrons. The highest BCUT2D eigenvalue weighted by Gasteiger charge is 2.32. The molecule has 2 unspecified atom stereocenters. The second-order valence-corrected chi connectivity index (χ2v) is 6.37. The molecule has 6 nitrogen and oxygen atoms in total. The van der Waals surface area contributed by atoms with Gasteiger partial charge in [0.1, 0.15) is 0 Å². The lowest BCUT2D eigenvalue weighted by atomic mass is 10.0. The number of rotatable bonds is 3. The van der Waals surface area contributed by atoms with E-state index in [9.17, 15) is 9.59 Å². The Bertz CT molecular complexity index is 580. The first-order valence-corrected chi connectivity index (χ1v) is 7.74. The molecule has 8 heteroatoms. The minimum absolute atomic E-state index is 0.250. The minimum Gasteiger partial charge on any atom is -0.465 e. The number of ether oxygens (including phenoxy) is 2. The summed E-state index contributed by atoms with van der Waals surface area (Å²) in [5, 5.41) is 2.73. The van der Waals surface area contributed by atoms with Crippen molar-refractivity contribution in [2.75, 3.05) is 25.6 Å². The summed E-state index contributed by atoms with van der Waals surface area (Å²) in [5.41, 5.74) is 6.43. The summed E-state index contributed by atoms with van der Waals surface area (Å²) < 4.78 is 11.2. The van der Waals surface area contributed by atoms with Crippen LogP contribution in [0.2, 0.25) is 0 Å². The summed E-state index contributed by atoms with van der Waals surface area (Å²) in [6.45, 7) is 0.623. The molecule has 1 aromatic carbocycles. The number of amides is 1. The van der Waals surface area contributed by atoms with Crippen LogP contribution in [0.25, 0.3) is 0 Å². The number of carbonyl (C=O) groups excluding carboxylic acids is 2. The summed E-state index contributed by atoms with van der Waals surface area (Å²) in [7, 11) is 1.28. The van der Waals surface area contributed by atoms with Crippen LogP contribution in [0.5, 0.6) is 0 Å². The largest absolute Gasteiger partial charge is 0.465 e. The van der Waals surface area contributed by atoms with Gasteiger partial charge in [-0.3, -0.25) is 4.79 Å². The van der Waals surface area contributed by atoms with E-state index in [4.69, 9.17) is 15.2 Å². The number of methoxy groups -OCH3 is 1. The zero-order valence-electron chi connectivity index (χ0n) is 11.2. The number of hydrogen-bond acceptors (Lipinski definition) is 5. The standard InChI is InChI=1S/C13H14Br2N2O4/c1-20-13(19)7-2-6(14)3-9(15)11(7)17-12(18)8-4-21-5-10(8)16/h2-3,8,10H,4-5,16H2,1H3,(H,17,18). The fourth-order valence-electron chi connectivity index (χ4n) is 2.03. The Morgan fingerprint density at radius 1 is 1.38 bits per heavy atom. The molecule has 1 aliphatic rings. The van der Waals surface area contributed by atoms with Gasteiger partial charge in [-0.2, -0.15) is 0 Å². The average molecular weight is 422 g/mol. The Morgan fingerprint density at radius 2 is 2.10 bits per heavy atom. The van der Waals surface area contributed by atoms with Crippen molar-refractivity contribution in [3.63, 3.8) is 0 Å². The van der Waals surface area contributed by atoms with Crippen molar-refractivity contribution in [2.45, 2.75) is 6.04 Å². The van der Waals surface area contributed by atoms with Crippen LogP contribution in [0.3, 0.4) is 0 Å². The predicted molar refractivity (Wildman–Crippen MR) is 84.1 cm³/mol. The van der Waals surface area contributed by atoms with Crippen LogP contribution in [0.1, 0.15) is 10.4 Å². The Labute approximate surface area is 138 Å². The summed E-state index contributed by atoms with van der Waals surface area (Å²) in [5.74, 6) is -1.27. The molecule has 0 aliphatic carbocycles. The second-order valence-electron chi connectivity index (χ2n) is 4.60. The molecular weight excluding hydrogens is 408 g/mol. The van der Waals surface area contributed by atoms with Gasteiger partial charge in [0.05, 0.1) is 37.5 Å². The van der Waals surface area contributed by atoms with Crippen LogP contribution in [-0.2, 0) is 14.3 Å². The maximum Gasteiger partial charge on any atom is 0.340 e. The van der Waals surface area contributed by atoms with Crippen molar-refractivity contribution >= 4 is 49.4 Å². The molecule has 2 atom stereocenters. The number of benzene rings is 1. The van der Waals surface area contributed by atoms with Gasteiger partial charge in [0, 0.05) is 15.0 Å². The van der Waals surface area contributed by atoms with Gasteiger partial charge in [0.25, 0.3) is 0 Å². The molecule has 1 aliphatic heterocycles. The first-order valence-electron chi connectivity index (χ1n) is 6.15. The van der Waals surface area contributed by atoms with Crippen LogP contribution < -0.4 is 11.1 Å². The lowest BCUT2D eigenvalue weighted by molar-refractivity contribution is -0.120. The molecule has 2 rings (SSSR count). The Morgan fingerprint density at radius 3 is 2.67 bits per heavy atom. The SMILES string of the molecule is COC(=O)c1cc(Br)cc(Br)c1NC(=O)C1COCC1N. The van der Waals surface area contributed by atoms with Crippen molar-refractivity contribution in [3.05, 3.63) is 26.6 Å². The summed E-state index contributed by atoms with van der Waals surface area (Å²) in [4.78, 5) is 24.1. The molecule has 1 heterocycles. The normalized spacial score (nSPS) is 21.1. The number of nitrogens with two attached hydrogens (primary N) is 1. The molecule has 1 fully saturated rings. The van der Waals surface area contributed by atoms with Gasteiger partial charge in [-0.05, 0) is 28.1 Å². The third kappa shape index (κ3) is 3.63. The van der Waals surface area contributed by atoms with E-state index >= 15 is 0 Å². The molecule has 3 N–H and O–H groups in total. The third-order valence-corrected chi connectivity index (χ3v) is 4.25. The Kier molecular flexibility index (Phi) is 5.37. The van der Waals surface area contributed by atoms with E-state index in [1.807, 2.05) is 0 Å². The van der Waals surface area contributed by atoms with Crippen molar-refractivity contribution in [3.8, 4) is 0 Å². The first-order chi connectivity index (χ1) is 9.93. The predicted octanol–water partition coefficient (Wildman–Crippen LogP) is 1.91. The van der Waals surface area contributed by atoms with Gasteiger partial charge in [0.2, 0.25) is 5.91 Å². The number of carbonyl (C=O) groups is 2. The van der Waals surface area contributed by atoms with Crippen LogP contribution in [0, 0.1) is 5.92 Å². The minimum atomic E-state index is -0.542. The maximum absolute atomic E-state index is 12.3. The van der Waals surface area contributed by atoms with Crippen LogP contribution in [0.4, 0.5) is 5.69 Å². The molecule has 0 bridgehead atoms. The van der Waals surface area contributed by atoms with E-state index in [1.54, 1.807) is 12.1 Å². The monoisotopic (exact) mass is 420 g/mol. The van der Waals surface area contributed by atoms with Crippen LogP contribution in [0.15, 0.2) is 21.1 Å². The lowest BCUT2D eigenvalue weighted by Crippen LogP contribution is -2.37. The molecule has 0 spiro atoms. The smallest absolute Gasteiger partial charge is 0.340 e. The molecule has 1 saturated heterocycles. The van der Waals surface area contributed by atoms with Crippen LogP contribution >= 0.6 is 31.9 Å². The molecule has 1 amide bonds. The number of nitrogens with one attached hydrogen (secondary N) is 1. The molecule has 0 radical (unpaired) electrons. The molecule has 0 saturated carbocycles. The highest BCUT2D eigenvalue weighted by Crippen LogP contribution is 2.32. The molecule has 21 heavy (non-hydrogen) atoms. The van der Waals surface area contributed by atoms with Crippen molar-refractivity contribution in [1.82, 2.24) is 0 Å². The highest BCUT2D eigenvalue weighted by molar-refractivity contribution is 9.11. The van der Waals surface area contributed by atoms with E-state index < -0.39 is 11.9 Å². The van der Waals surface area contributed by atoms with Gasteiger partial charge < -0.3 is 20.5 Å². The maximum atomic E-state index is 12.3. The lowest BCUT2D eigenvalue weighted by Gasteiger charge is -2.16. The van der Waals surface area contributed by atoms with Crippen molar-refractivity contribution < 1.29 is 19.1 Å². The topological polar surface area (TPSA) is 90.6 Å². The number of halogens is 2. The first kappa shape index (κ1) is 16.4. The van der Waals surface area contributed by atoms with Crippen LogP contribution in [-0.4, -0.2) is 38.2 Å². The van der Waals surface area contributed by atoms with Gasteiger partial charge in [-0.1, -0.05) is 15.9 Å². The van der Waals surface area contributed by atoms with E-state index in [2.05, 4.69) is 37.2 Å². The molecule has 1 aromatic rings. The number of anilines is 1. The molecule has 0 aromatic heterocycles. The number of hydrogen-bond donors (Lipinski definition) is 2. The van der Waals surface area contributed by atoms with E-state index in [-0.39, 0.29) is 24.1 Å². The molecular formula is C13H14Br2N2O4. The van der Waals surface area contributed by atoms with E-state index in [0.29, 0.717) is 21.2 Å². The fraction of sp³-hybridized carbons (Fsp3) is 0.385. The van der Waals surface area contributed by atoms with Gasteiger partial charge in [0.15, 0.2) is 0 Å². The second kappa shape index (κ2) is 6.87. The van der Waals surface area contributed by atoms with Crippen molar-refractivity contribution in [2.24, 2.45) is 11.7 Å². The van der Waals surface area contributed by atoms with E-state index in [0.717, 1.165) is 0 Å². The van der Waals surface area contributed by atoms with E-state index in [1.165, 1.54) is 7.11 Å². The third-order valence-electron chi connectivity index (χ3n) is 3.17. The summed E-state index contributed by atoms with van der Waals surface area (Å²) in [6, 6.07) is 2.96.